The number of hydrogen-bond acceptors (Lipinski definition) is 3. The van der Waals surface area contributed by atoms with E-state index >= 15 is 0 Å². The standard InChI is InChI=1S/C12H14N2O3/c1-7-9(6-11(15)16)8-4-2-3-5-10(8)14(7)12(13)17/h2-5,12,17H,6,13H2,1H3,(H,15,16)/t12-/m1/s1. The van der Waals surface area contributed by atoms with E-state index < -0.39 is 12.3 Å². The minimum Gasteiger partial charge on any atom is -0.481 e. The second-order valence-electron chi connectivity index (χ2n) is 3.94. The van der Waals surface area contributed by atoms with Crippen LogP contribution in [0.1, 0.15) is 17.6 Å². The van der Waals surface area contributed by atoms with Crippen molar-refractivity contribution in [3.05, 3.63) is 35.5 Å². The fourth-order valence-corrected chi connectivity index (χ4v) is 2.18. The van der Waals surface area contributed by atoms with Crippen LogP contribution in [0, 0.1) is 6.92 Å². The topological polar surface area (TPSA) is 88.5 Å². The van der Waals surface area contributed by atoms with Gasteiger partial charge in [0.15, 0.2) is 6.35 Å². The third kappa shape index (κ3) is 1.90. The number of fused-ring (bicyclic) bond motifs is 1. The van der Waals surface area contributed by atoms with E-state index in [0.29, 0.717) is 11.3 Å². The molecule has 0 saturated carbocycles. The van der Waals surface area contributed by atoms with Crippen molar-refractivity contribution in [3.63, 3.8) is 0 Å². The first kappa shape index (κ1) is 11.6. The summed E-state index contributed by atoms with van der Waals surface area (Å²) in [6.07, 6.45) is -1.24. The molecule has 17 heavy (non-hydrogen) atoms. The molecular formula is C12H14N2O3. The number of para-hydroxylation sites is 1. The van der Waals surface area contributed by atoms with Gasteiger partial charge in [-0.3, -0.25) is 10.5 Å². The highest BCUT2D eigenvalue weighted by Gasteiger charge is 2.17. The number of carbonyl (C=O) groups is 1. The molecule has 1 aromatic carbocycles. The second kappa shape index (κ2) is 4.20. The Balaban J connectivity index is 2.74. The molecule has 0 saturated heterocycles. The molecule has 1 heterocycles. The van der Waals surface area contributed by atoms with Crippen LogP contribution in [0.25, 0.3) is 10.9 Å². The molecule has 0 spiro atoms. The van der Waals surface area contributed by atoms with Gasteiger partial charge < -0.3 is 14.8 Å². The first-order valence-corrected chi connectivity index (χ1v) is 5.26. The molecule has 0 aliphatic carbocycles. The van der Waals surface area contributed by atoms with E-state index in [1.807, 2.05) is 24.3 Å². The Morgan fingerprint density at radius 1 is 1.47 bits per heavy atom. The van der Waals surface area contributed by atoms with Crippen molar-refractivity contribution < 1.29 is 15.0 Å². The van der Waals surface area contributed by atoms with Crippen molar-refractivity contribution in [1.29, 1.82) is 0 Å². The first-order chi connectivity index (χ1) is 8.02. The zero-order valence-corrected chi connectivity index (χ0v) is 9.42. The number of aliphatic hydroxyl groups is 1. The van der Waals surface area contributed by atoms with Crippen LogP contribution in [-0.4, -0.2) is 20.7 Å². The summed E-state index contributed by atoms with van der Waals surface area (Å²) in [5.74, 6) is -0.900. The molecule has 0 aliphatic rings. The number of aliphatic hydroxyl groups excluding tert-OH is 1. The van der Waals surface area contributed by atoms with Crippen molar-refractivity contribution in [1.82, 2.24) is 4.57 Å². The lowest BCUT2D eigenvalue weighted by Gasteiger charge is -2.11. The van der Waals surface area contributed by atoms with Gasteiger partial charge in [0.05, 0.1) is 11.9 Å². The maximum Gasteiger partial charge on any atom is 0.307 e. The molecular weight excluding hydrogens is 220 g/mol. The van der Waals surface area contributed by atoms with Crippen LogP contribution in [0.2, 0.25) is 0 Å². The van der Waals surface area contributed by atoms with Gasteiger partial charge in [0.1, 0.15) is 0 Å². The third-order valence-electron chi connectivity index (χ3n) is 2.88. The highest BCUT2D eigenvalue weighted by molar-refractivity contribution is 5.89. The quantitative estimate of drug-likeness (QED) is 0.691. The number of nitrogens with two attached hydrogens (primary N) is 1. The van der Waals surface area contributed by atoms with Crippen LogP contribution in [0.15, 0.2) is 24.3 Å². The first-order valence-electron chi connectivity index (χ1n) is 5.26. The molecule has 5 heteroatoms. The lowest BCUT2D eigenvalue weighted by Crippen LogP contribution is -2.18. The highest BCUT2D eigenvalue weighted by Crippen LogP contribution is 2.27. The van der Waals surface area contributed by atoms with Crippen molar-refractivity contribution in [3.8, 4) is 0 Å². The number of aromatic nitrogens is 1. The van der Waals surface area contributed by atoms with E-state index in [1.54, 1.807) is 6.92 Å². The molecule has 0 amide bonds. The number of carboxylic acids is 1. The number of nitrogens with zero attached hydrogens (tertiary/aromatic N) is 1. The summed E-state index contributed by atoms with van der Waals surface area (Å²) in [6.45, 7) is 1.76. The fraction of sp³-hybridized carbons (Fsp3) is 0.250. The minimum absolute atomic E-state index is 0.0773. The maximum atomic E-state index is 10.8. The molecule has 5 nitrogen and oxygen atoms in total. The molecule has 0 fully saturated rings. The van der Waals surface area contributed by atoms with Crippen molar-refractivity contribution in [2.24, 2.45) is 5.73 Å². The summed E-state index contributed by atoms with van der Waals surface area (Å²) in [6, 6.07) is 7.30. The van der Waals surface area contributed by atoms with Crippen molar-refractivity contribution >= 4 is 16.9 Å². The Bertz CT molecular complexity index is 572. The number of benzene rings is 1. The normalized spacial score (nSPS) is 12.9. The average Bonchev–Trinajstić information content (AvgIpc) is 2.52. The second-order valence-corrected chi connectivity index (χ2v) is 3.94. The summed E-state index contributed by atoms with van der Waals surface area (Å²) in [5.41, 5.74) is 7.62. The molecule has 2 rings (SSSR count). The van der Waals surface area contributed by atoms with Gasteiger partial charge in [-0.1, -0.05) is 18.2 Å². The summed E-state index contributed by atoms with van der Waals surface area (Å²) < 4.78 is 1.54. The van der Waals surface area contributed by atoms with Gasteiger partial charge in [-0.15, -0.1) is 0 Å². The Labute approximate surface area is 98.1 Å². The van der Waals surface area contributed by atoms with Gasteiger partial charge in [0.25, 0.3) is 0 Å². The average molecular weight is 234 g/mol. The Hall–Kier alpha value is -1.85. The summed E-state index contributed by atoms with van der Waals surface area (Å²) in [4.78, 5) is 10.8. The largest absolute Gasteiger partial charge is 0.481 e. The Kier molecular flexibility index (Phi) is 2.87. The van der Waals surface area contributed by atoms with Crippen molar-refractivity contribution in [2.75, 3.05) is 0 Å². The number of hydrogen-bond donors (Lipinski definition) is 3. The van der Waals surface area contributed by atoms with E-state index in [9.17, 15) is 9.90 Å². The van der Waals surface area contributed by atoms with Crippen LogP contribution >= 0.6 is 0 Å². The molecule has 1 aromatic heterocycles. The van der Waals surface area contributed by atoms with Gasteiger partial charge in [-0.2, -0.15) is 0 Å². The number of carboxylic acid groups (broad SMARTS) is 1. The van der Waals surface area contributed by atoms with Crippen LogP contribution in [0.5, 0.6) is 0 Å². The van der Waals surface area contributed by atoms with Crippen LogP contribution in [-0.2, 0) is 11.2 Å². The molecule has 0 aliphatic heterocycles. The van der Waals surface area contributed by atoms with Crippen LogP contribution in [0.3, 0.4) is 0 Å². The van der Waals surface area contributed by atoms with Gasteiger partial charge in [-0.05, 0) is 18.6 Å². The zero-order valence-electron chi connectivity index (χ0n) is 9.42. The van der Waals surface area contributed by atoms with E-state index in [4.69, 9.17) is 10.8 Å². The lowest BCUT2D eigenvalue weighted by molar-refractivity contribution is -0.136. The van der Waals surface area contributed by atoms with E-state index in [1.165, 1.54) is 4.57 Å². The Morgan fingerprint density at radius 2 is 2.12 bits per heavy atom. The third-order valence-corrected chi connectivity index (χ3v) is 2.88. The van der Waals surface area contributed by atoms with E-state index in [0.717, 1.165) is 10.9 Å². The van der Waals surface area contributed by atoms with Crippen LogP contribution < -0.4 is 5.73 Å². The van der Waals surface area contributed by atoms with Crippen molar-refractivity contribution in [2.45, 2.75) is 19.7 Å². The number of rotatable bonds is 3. The van der Waals surface area contributed by atoms with E-state index in [2.05, 4.69) is 0 Å². The van der Waals surface area contributed by atoms with Crippen LogP contribution in [0.4, 0.5) is 0 Å². The predicted molar refractivity (Wildman–Crippen MR) is 63.5 cm³/mol. The van der Waals surface area contributed by atoms with Gasteiger partial charge >= 0.3 is 5.97 Å². The molecule has 2 aromatic rings. The van der Waals surface area contributed by atoms with Gasteiger partial charge in [0, 0.05) is 11.1 Å². The molecule has 0 radical (unpaired) electrons. The maximum absolute atomic E-state index is 10.8. The predicted octanol–water partition coefficient (Wildman–Crippen LogP) is 0.984. The molecule has 4 N–H and O–H groups in total. The summed E-state index contributed by atoms with van der Waals surface area (Å²) in [5, 5.41) is 19.3. The highest BCUT2D eigenvalue weighted by atomic mass is 16.4. The molecule has 0 bridgehead atoms. The minimum atomic E-state index is -1.16. The zero-order chi connectivity index (χ0) is 12.6. The fourth-order valence-electron chi connectivity index (χ4n) is 2.18. The molecule has 90 valence electrons. The Morgan fingerprint density at radius 3 is 2.71 bits per heavy atom. The SMILES string of the molecule is Cc1c(CC(=O)O)c2ccccc2n1[C@@H](N)O. The summed E-state index contributed by atoms with van der Waals surface area (Å²) in [7, 11) is 0. The number of aliphatic carboxylic acids is 1. The van der Waals surface area contributed by atoms with E-state index in [-0.39, 0.29) is 6.42 Å². The molecule has 1 atom stereocenters. The monoisotopic (exact) mass is 234 g/mol. The van der Waals surface area contributed by atoms with Gasteiger partial charge in [0.2, 0.25) is 0 Å². The lowest BCUT2D eigenvalue weighted by atomic mass is 10.1. The molecule has 0 unspecified atom stereocenters. The smallest absolute Gasteiger partial charge is 0.307 e. The summed E-state index contributed by atoms with van der Waals surface area (Å²) >= 11 is 0. The van der Waals surface area contributed by atoms with Gasteiger partial charge in [-0.25, -0.2) is 0 Å².